The number of nitrogens with one attached hydrogen (secondary N) is 2. The number of aliphatic carboxylic acids is 1. The Kier molecular flexibility index (Phi) is 5.82. The van der Waals surface area contributed by atoms with Crippen molar-refractivity contribution in [1.29, 1.82) is 0 Å². The van der Waals surface area contributed by atoms with Crippen molar-refractivity contribution in [3.05, 3.63) is 11.9 Å². The first-order chi connectivity index (χ1) is 9.79. The molecule has 21 heavy (non-hydrogen) atoms. The van der Waals surface area contributed by atoms with E-state index in [1.807, 2.05) is 13.8 Å². The van der Waals surface area contributed by atoms with Crippen LogP contribution in [0.4, 0.5) is 0 Å². The molecule has 0 saturated heterocycles. The highest BCUT2D eigenvalue weighted by Crippen LogP contribution is 2.02. The van der Waals surface area contributed by atoms with Crippen LogP contribution >= 0.6 is 0 Å². The number of carboxylic acids is 1. The van der Waals surface area contributed by atoms with E-state index in [2.05, 4.69) is 20.9 Å². The van der Waals surface area contributed by atoms with E-state index < -0.39 is 12.0 Å². The van der Waals surface area contributed by atoms with Crippen molar-refractivity contribution in [2.75, 3.05) is 0 Å². The lowest BCUT2D eigenvalue weighted by Gasteiger charge is -2.20. The standard InChI is InChI=1S/C12H19N5O4/c1-7(2)11(14-8(3)18)12(21)13-4-9-5-17(16-15-9)6-10(19)20/h5,7,11H,4,6H2,1-3H3,(H,13,21)(H,14,18)(H,19,20). The quantitative estimate of drug-likeness (QED) is 0.601. The van der Waals surface area contributed by atoms with Crippen LogP contribution < -0.4 is 10.6 Å². The lowest BCUT2D eigenvalue weighted by molar-refractivity contribution is -0.138. The first kappa shape index (κ1) is 16.6. The van der Waals surface area contributed by atoms with Gasteiger partial charge in [0.25, 0.3) is 0 Å². The Balaban J connectivity index is 2.56. The highest BCUT2D eigenvalue weighted by Gasteiger charge is 2.22. The van der Waals surface area contributed by atoms with Gasteiger partial charge in [-0.05, 0) is 5.92 Å². The predicted molar refractivity (Wildman–Crippen MR) is 71.9 cm³/mol. The third-order valence-corrected chi connectivity index (χ3v) is 2.63. The van der Waals surface area contributed by atoms with Gasteiger partial charge >= 0.3 is 5.97 Å². The summed E-state index contributed by atoms with van der Waals surface area (Å²) in [6, 6.07) is -0.628. The number of carbonyl (C=O) groups excluding carboxylic acids is 2. The molecule has 3 N–H and O–H groups in total. The number of hydrogen-bond acceptors (Lipinski definition) is 5. The molecule has 116 valence electrons. The lowest BCUT2D eigenvalue weighted by atomic mass is 10.0. The van der Waals surface area contributed by atoms with Crippen molar-refractivity contribution in [2.24, 2.45) is 5.92 Å². The molecule has 0 bridgehead atoms. The molecule has 9 heteroatoms. The van der Waals surface area contributed by atoms with Crippen molar-refractivity contribution >= 4 is 17.8 Å². The molecule has 1 aromatic heterocycles. The van der Waals surface area contributed by atoms with E-state index in [9.17, 15) is 14.4 Å². The summed E-state index contributed by atoms with van der Waals surface area (Å²) in [5.74, 6) is -1.69. The minimum Gasteiger partial charge on any atom is -0.480 e. The van der Waals surface area contributed by atoms with Crippen LogP contribution in [-0.4, -0.2) is 43.9 Å². The van der Waals surface area contributed by atoms with Gasteiger partial charge in [-0.15, -0.1) is 5.10 Å². The van der Waals surface area contributed by atoms with Crippen LogP contribution in [0.1, 0.15) is 26.5 Å². The zero-order valence-electron chi connectivity index (χ0n) is 12.2. The minimum absolute atomic E-state index is 0.0587. The molecule has 0 aliphatic heterocycles. The van der Waals surface area contributed by atoms with E-state index in [0.717, 1.165) is 4.68 Å². The molecule has 1 rings (SSSR count). The maximum absolute atomic E-state index is 12.0. The summed E-state index contributed by atoms with van der Waals surface area (Å²) < 4.78 is 1.16. The van der Waals surface area contributed by atoms with E-state index in [4.69, 9.17) is 5.11 Å². The fourth-order valence-electron chi connectivity index (χ4n) is 1.68. The maximum Gasteiger partial charge on any atom is 0.325 e. The number of nitrogens with zero attached hydrogens (tertiary/aromatic N) is 3. The number of amides is 2. The van der Waals surface area contributed by atoms with Crippen molar-refractivity contribution in [2.45, 2.75) is 39.9 Å². The number of carbonyl (C=O) groups is 3. The molecule has 1 aromatic rings. The molecule has 1 heterocycles. The topological polar surface area (TPSA) is 126 Å². The molecule has 0 aromatic carbocycles. The Hall–Kier alpha value is -2.45. The van der Waals surface area contributed by atoms with Crippen LogP contribution in [0, 0.1) is 5.92 Å². The molecule has 1 unspecified atom stereocenters. The second-order valence-corrected chi connectivity index (χ2v) is 4.94. The van der Waals surface area contributed by atoms with Crippen LogP contribution in [0.3, 0.4) is 0 Å². The average Bonchev–Trinajstić information content (AvgIpc) is 2.79. The Morgan fingerprint density at radius 2 is 2.05 bits per heavy atom. The number of rotatable bonds is 7. The van der Waals surface area contributed by atoms with Gasteiger partial charge in [-0.1, -0.05) is 19.1 Å². The summed E-state index contributed by atoms with van der Waals surface area (Å²) in [6.07, 6.45) is 1.44. The first-order valence-electron chi connectivity index (χ1n) is 6.45. The van der Waals surface area contributed by atoms with Gasteiger partial charge in [-0.25, -0.2) is 4.68 Å². The monoisotopic (exact) mass is 297 g/mol. The predicted octanol–water partition coefficient (Wildman–Crippen LogP) is -0.860. The zero-order valence-corrected chi connectivity index (χ0v) is 12.2. The fourth-order valence-corrected chi connectivity index (χ4v) is 1.68. The van der Waals surface area contributed by atoms with Gasteiger partial charge in [-0.2, -0.15) is 0 Å². The van der Waals surface area contributed by atoms with E-state index in [1.54, 1.807) is 0 Å². The van der Waals surface area contributed by atoms with Crippen LogP contribution in [0.2, 0.25) is 0 Å². The largest absolute Gasteiger partial charge is 0.480 e. The van der Waals surface area contributed by atoms with Crippen LogP contribution in [0.5, 0.6) is 0 Å². The van der Waals surface area contributed by atoms with E-state index in [-0.39, 0.29) is 30.8 Å². The second-order valence-electron chi connectivity index (χ2n) is 4.94. The molecule has 0 fully saturated rings. The van der Waals surface area contributed by atoms with Crippen LogP contribution in [0.25, 0.3) is 0 Å². The van der Waals surface area contributed by atoms with Crippen LogP contribution in [0.15, 0.2) is 6.20 Å². The van der Waals surface area contributed by atoms with Gasteiger partial charge in [0.15, 0.2) is 0 Å². The Morgan fingerprint density at radius 1 is 1.38 bits per heavy atom. The van der Waals surface area contributed by atoms with Gasteiger partial charge in [0.05, 0.1) is 12.7 Å². The third kappa shape index (κ3) is 5.59. The summed E-state index contributed by atoms with van der Waals surface area (Å²) in [4.78, 5) is 33.6. The maximum atomic E-state index is 12.0. The molecule has 9 nitrogen and oxygen atoms in total. The summed E-state index contributed by atoms with van der Waals surface area (Å²) in [7, 11) is 0. The van der Waals surface area contributed by atoms with Gasteiger partial charge in [-0.3, -0.25) is 14.4 Å². The van der Waals surface area contributed by atoms with Crippen molar-refractivity contribution in [3.8, 4) is 0 Å². The molecule has 0 aliphatic carbocycles. The van der Waals surface area contributed by atoms with Gasteiger partial charge in [0.1, 0.15) is 18.3 Å². The van der Waals surface area contributed by atoms with E-state index in [0.29, 0.717) is 5.69 Å². The Morgan fingerprint density at radius 3 is 2.57 bits per heavy atom. The van der Waals surface area contributed by atoms with Crippen LogP contribution in [-0.2, 0) is 27.5 Å². The molecular formula is C12H19N5O4. The van der Waals surface area contributed by atoms with E-state index >= 15 is 0 Å². The normalized spacial score (nSPS) is 12.0. The number of carboxylic acid groups (broad SMARTS) is 1. The molecular weight excluding hydrogens is 278 g/mol. The average molecular weight is 297 g/mol. The SMILES string of the molecule is CC(=O)NC(C(=O)NCc1cn(CC(=O)O)nn1)C(C)C. The minimum atomic E-state index is -1.03. The van der Waals surface area contributed by atoms with Crippen molar-refractivity contribution in [3.63, 3.8) is 0 Å². The van der Waals surface area contributed by atoms with Gasteiger partial charge in [0.2, 0.25) is 11.8 Å². The molecule has 0 aliphatic rings. The molecule has 2 amide bonds. The summed E-state index contributed by atoms with van der Waals surface area (Å²) in [5, 5.41) is 21.2. The lowest BCUT2D eigenvalue weighted by Crippen LogP contribution is -2.48. The Bertz CT molecular complexity index is 525. The first-order valence-corrected chi connectivity index (χ1v) is 6.45. The smallest absolute Gasteiger partial charge is 0.325 e. The fraction of sp³-hybridized carbons (Fsp3) is 0.583. The van der Waals surface area contributed by atoms with E-state index in [1.165, 1.54) is 13.1 Å². The number of hydrogen-bond donors (Lipinski definition) is 3. The second kappa shape index (κ2) is 7.36. The third-order valence-electron chi connectivity index (χ3n) is 2.63. The molecule has 0 radical (unpaired) electrons. The van der Waals surface area contributed by atoms with Crippen molar-refractivity contribution in [1.82, 2.24) is 25.6 Å². The summed E-state index contributed by atoms with van der Waals surface area (Å²) >= 11 is 0. The molecule has 0 spiro atoms. The van der Waals surface area contributed by atoms with Crippen molar-refractivity contribution < 1.29 is 19.5 Å². The molecule has 0 saturated carbocycles. The van der Waals surface area contributed by atoms with Gasteiger partial charge < -0.3 is 15.7 Å². The molecule has 1 atom stereocenters. The summed E-state index contributed by atoms with van der Waals surface area (Å²) in [6.45, 7) is 4.81. The highest BCUT2D eigenvalue weighted by atomic mass is 16.4. The zero-order chi connectivity index (χ0) is 16.0. The highest BCUT2D eigenvalue weighted by molar-refractivity contribution is 5.86. The number of aromatic nitrogens is 3. The van der Waals surface area contributed by atoms with Gasteiger partial charge in [0, 0.05) is 6.92 Å². The Labute approximate surface area is 121 Å². The summed E-state index contributed by atoms with van der Waals surface area (Å²) in [5.41, 5.74) is 0.440.